The van der Waals surface area contributed by atoms with Crippen LogP contribution in [-0.4, -0.2) is 14.4 Å². The third-order valence-corrected chi connectivity index (χ3v) is 3.20. The van der Waals surface area contributed by atoms with E-state index in [-0.39, 0.29) is 0 Å². The van der Waals surface area contributed by atoms with Crippen molar-refractivity contribution in [3.05, 3.63) is 52.9 Å². The van der Waals surface area contributed by atoms with Crippen molar-refractivity contribution in [2.75, 3.05) is 0 Å². The molecular weight excluding hydrogens is 335 g/mol. The number of hydrogen-bond acceptors (Lipinski definition) is 2. The fourth-order valence-corrected chi connectivity index (χ4v) is 2.15. The molecule has 0 aliphatic rings. The highest BCUT2D eigenvalue weighted by molar-refractivity contribution is 9.10. The summed E-state index contributed by atoms with van der Waals surface area (Å²) in [6, 6.07) is 4.89. The first kappa shape index (κ1) is 13.1. The lowest BCUT2D eigenvalue weighted by atomic mass is 10.1. The Bertz CT molecular complexity index is 763. The Morgan fingerprint density at radius 2 is 1.75 bits per heavy atom. The lowest BCUT2D eigenvalue weighted by Crippen LogP contribution is -2.03. The van der Waals surface area contributed by atoms with Crippen LogP contribution in [0.1, 0.15) is 5.56 Å². The van der Waals surface area contributed by atoms with Crippen molar-refractivity contribution in [1.29, 1.82) is 0 Å². The summed E-state index contributed by atoms with van der Waals surface area (Å²) in [5.74, 6) is 0.489. The third kappa shape index (κ3) is 2.40. The van der Waals surface area contributed by atoms with Crippen LogP contribution in [0.4, 0.5) is 13.2 Å². The number of rotatable bonds is 1. The number of aromatic nitrogens is 3. The van der Waals surface area contributed by atoms with Crippen molar-refractivity contribution in [3.8, 4) is 11.3 Å². The molecule has 0 amide bonds. The maximum Gasteiger partial charge on any atom is 0.416 e. The molecule has 0 spiro atoms. The molecule has 0 bridgehead atoms. The van der Waals surface area contributed by atoms with E-state index in [2.05, 4.69) is 25.9 Å². The molecule has 0 radical (unpaired) electrons. The quantitative estimate of drug-likeness (QED) is 0.664. The van der Waals surface area contributed by atoms with Crippen LogP contribution in [0.25, 0.3) is 17.0 Å². The molecule has 2 aromatic heterocycles. The predicted octanol–water partition coefficient (Wildman–Crippen LogP) is 4.18. The first-order valence-corrected chi connectivity index (χ1v) is 6.41. The lowest BCUT2D eigenvalue weighted by molar-refractivity contribution is -0.137. The van der Waals surface area contributed by atoms with Gasteiger partial charge in [0.1, 0.15) is 0 Å². The van der Waals surface area contributed by atoms with E-state index in [1.54, 1.807) is 23.0 Å². The number of halogens is 4. The number of benzene rings is 1. The maximum absolute atomic E-state index is 12.5. The number of imidazole rings is 1. The van der Waals surface area contributed by atoms with Gasteiger partial charge in [0, 0.05) is 24.2 Å². The molecule has 102 valence electrons. The van der Waals surface area contributed by atoms with Crippen LogP contribution in [0.15, 0.2) is 47.3 Å². The van der Waals surface area contributed by atoms with Gasteiger partial charge in [0.05, 0.1) is 15.7 Å². The van der Waals surface area contributed by atoms with Crippen LogP contribution < -0.4 is 0 Å². The summed E-state index contributed by atoms with van der Waals surface area (Å²) in [7, 11) is 0. The lowest BCUT2D eigenvalue weighted by Gasteiger charge is -2.06. The van der Waals surface area contributed by atoms with Crippen LogP contribution in [0.5, 0.6) is 0 Å². The minimum Gasteiger partial charge on any atom is -0.289 e. The SMILES string of the molecule is FC(F)(F)c1ccc(-c2cn3cc(Br)cnc3n2)cc1. The molecule has 0 N–H and O–H groups in total. The summed E-state index contributed by atoms with van der Waals surface area (Å²) in [5.41, 5.74) is 0.509. The summed E-state index contributed by atoms with van der Waals surface area (Å²) in [6.45, 7) is 0. The molecular formula is C13H7BrF3N3. The second kappa shape index (κ2) is 4.59. The second-order valence-corrected chi connectivity index (χ2v) is 5.10. The minimum absolute atomic E-state index is 0.489. The highest BCUT2D eigenvalue weighted by atomic mass is 79.9. The van der Waals surface area contributed by atoms with Crippen LogP contribution in [0.2, 0.25) is 0 Å². The van der Waals surface area contributed by atoms with E-state index in [1.807, 2.05) is 0 Å². The van der Waals surface area contributed by atoms with Gasteiger partial charge in [-0.2, -0.15) is 13.2 Å². The zero-order chi connectivity index (χ0) is 14.3. The molecule has 0 aliphatic carbocycles. The molecule has 0 atom stereocenters. The first-order chi connectivity index (χ1) is 9.43. The average molecular weight is 342 g/mol. The first-order valence-electron chi connectivity index (χ1n) is 5.61. The van der Waals surface area contributed by atoms with Crippen LogP contribution in [0.3, 0.4) is 0 Å². The number of hydrogen-bond donors (Lipinski definition) is 0. The van der Waals surface area contributed by atoms with Crippen molar-refractivity contribution < 1.29 is 13.2 Å². The maximum atomic E-state index is 12.5. The Morgan fingerprint density at radius 1 is 1.05 bits per heavy atom. The standard InChI is InChI=1S/C13H7BrF3N3/c14-10-5-18-12-19-11(7-20(12)6-10)8-1-3-9(4-2-8)13(15,16)17/h1-7H. The summed E-state index contributed by atoms with van der Waals surface area (Å²) < 4.78 is 40.0. The topological polar surface area (TPSA) is 30.2 Å². The largest absolute Gasteiger partial charge is 0.416 e. The summed E-state index contributed by atoms with van der Waals surface area (Å²) in [4.78, 5) is 8.37. The molecule has 3 nitrogen and oxygen atoms in total. The monoisotopic (exact) mass is 341 g/mol. The highest BCUT2D eigenvalue weighted by Crippen LogP contribution is 2.30. The van der Waals surface area contributed by atoms with E-state index < -0.39 is 11.7 Å². The van der Waals surface area contributed by atoms with E-state index in [0.29, 0.717) is 17.0 Å². The molecule has 7 heteroatoms. The molecule has 0 aliphatic heterocycles. The van der Waals surface area contributed by atoms with Gasteiger partial charge in [-0.05, 0) is 28.1 Å². The number of alkyl halides is 3. The zero-order valence-electron chi connectivity index (χ0n) is 9.89. The van der Waals surface area contributed by atoms with Crippen molar-refractivity contribution in [2.45, 2.75) is 6.18 Å². The van der Waals surface area contributed by atoms with Gasteiger partial charge in [-0.3, -0.25) is 4.40 Å². The van der Waals surface area contributed by atoms with Crippen molar-refractivity contribution >= 4 is 21.7 Å². The normalized spacial score (nSPS) is 12.0. The van der Waals surface area contributed by atoms with Gasteiger partial charge in [-0.15, -0.1) is 0 Å². The highest BCUT2D eigenvalue weighted by Gasteiger charge is 2.30. The number of nitrogens with zero attached hydrogens (tertiary/aromatic N) is 3. The van der Waals surface area contributed by atoms with Gasteiger partial charge in [0.2, 0.25) is 5.78 Å². The molecule has 0 saturated carbocycles. The summed E-state index contributed by atoms with van der Waals surface area (Å²) in [6.07, 6.45) is 0.779. The Morgan fingerprint density at radius 3 is 2.40 bits per heavy atom. The molecule has 1 aromatic carbocycles. The van der Waals surface area contributed by atoms with E-state index >= 15 is 0 Å². The van der Waals surface area contributed by atoms with E-state index in [0.717, 1.165) is 16.6 Å². The van der Waals surface area contributed by atoms with Gasteiger partial charge >= 0.3 is 6.18 Å². The molecule has 0 fully saturated rings. The molecule has 0 saturated heterocycles. The zero-order valence-corrected chi connectivity index (χ0v) is 11.5. The Kier molecular flexibility index (Phi) is 3.01. The summed E-state index contributed by atoms with van der Waals surface area (Å²) in [5, 5.41) is 0. The Hall–Kier alpha value is -1.89. The number of fused-ring (bicyclic) bond motifs is 1. The smallest absolute Gasteiger partial charge is 0.289 e. The van der Waals surface area contributed by atoms with Crippen LogP contribution in [-0.2, 0) is 6.18 Å². The summed E-state index contributed by atoms with van der Waals surface area (Å²) >= 11 is 3.29. The van der Waals surface area contributed by atoms with Crippen LogP contribution >= 0.6 is 15.9 Å². The fraction of sp³-hybridized carbons (Fsp3) is 0.0769. The second-order valence-electron chi connectivity index (χ2n) is 4.18. The van der Waals surface area contributed by atoms with E-state index in [9.17, 15) is 13.2 Å². The average Bonchev–Trinajstić information content (AvgIpc) is 2.80. The van der Waals surface area contributed by atoms with E-state index in [1.165, 1.54) is 12.1 Å². The van der Waals surface area contributed by atoms with Gasteiger partial charge in [0.15, 0.2) is 0 Å². The Labute approximate surface area is 120 Å². The predicted molar refractivity (Wildman–Crippen MR) is 71.1 cm³/mol. The van der Waals surface area contributed by atoms with Gasteiger partial charge in [-0.25, -0.2) is 9.97 Å². The van der Waals surface area contributed by atoms with E-state index in [4.69, 9.17) is 0 Å². The van der Waals surface area contributed by atoms with Crippen molar-refractivity contribution in [2.24, 2.45) is 0 Å². The van der Waals surface area contributed by atoms with Gasteiger partial charge < -0.3 is 0 Å². The molecule has 3 aromatic rings. The minimum atomic E-state index is -4.33. The molecule has 0 unspecified atom stereocenters. The Balaban J connectivity index is 2.02. The van der Waals surface area contributed by atoms with Crippen LogP contribution in [0, 0.1) is 0 Å². The fourth-order valence-electron chi connectivity index (χ4n) is 1.83. The molecule has 2 heterocycles. The van der Waals surface area contributed by atoms with Gasteiger partial charge in [0.25, 0.3) is 0 Å². The molecule has 3 rings (SSSR count). The van der Waals surface area contributed by atoms with Crippen molar-refractivity contribution in [3.63, 3.8) is 0 Å². The van der Waals surface area contributed by atoms with Crippen molar-refractivity contribution in [1.82, 2.24) is 14.4 Å². The third-order valence-electron chi connectivity index (χ3n) is 2.79. The van der Waals surface area contributed by atoms with Gasteiger partial charge in [-0.1, -0.05) is 12.1 Å². The molecule has 20 heavy (non-hydrogen) atoms.